The first-order chi connectivity index (χ1) is 17.5. The molecule has 9 heteroatoms. The molecule has 1 fully saturated rings. The molecule has 196 valence electrons. The van der Waals surface area contributed by atoms with Crippen LogP contribution in [0.2, 0.25) is 0 Å². The first-order valence-corrected chi connectivity index (χ1v) is 13.1. The third kappa shape index (κ3) is 6.63. The second kappa shape index (κ2) is 10.7. The van der Waals surface area contributed by atoms with Gasteiger partial charge in [-0.15, -0.1) is 11.8 Å². The SMILES string of the molecule is CCOC(=O)C(C)(C)Oc1ccc(SCc2cnc(-c3ccc(C(F)(F)F)cc3)nc2C2CC2)cc1C. The number of esters is 1. The molecule has 0 unspecified atom stereocenters. The van der Waals surface area contributed by atoms with Gasteiger partial charge in [0.1, 0.15) is 5.75 Å². The van der Waals surface area contributed by atoms with Gasteiger partial charge in [-0.2, -0.15) is 13.2 Å². The summed E-state index contributed by atoms with van der Waals surface area (Å²) in [6.45, 7) is 7.34. The first-order valence-electron chi connectivity index (χ1n) is 12.1. The molecule has 0 radical (unpaired) electrons. The van der Waals surface area contributed by atoms with Crippen molar-refractivity contribution in [3.05, 3.63) is 71.0 Å². The van der Waals surface area contributed by atoms with Crippen molar-refractivity contribution in [2.45, 2.75) is 68.9 Å². The minimum atomic E-state index is -4.38. The molecular formula is C28H29F3N2O3S. The van der Waals surface area contributed by atoms with E-state index in [1.807, 2.05) is 25.1 Å². The number of ether oxygens (including phenoxy) is 2. The maximum Gasteiger partial charge on any atom is 0.416 e. The topological polar surface area (TPSA) is 61.3 Å². The van der Waals surface area contributed by atoms with Crippen molar-refractivity contribution in [1.29, 1.82) is 0 Å². The molecule has 0 saturated heterocycles. The van der Waals surface area contributed by atoms with Gasteiger partial charge in [-0.3, -0.25) is 0 Å². The lowest BCUT2D eigenvalue weighted by Crippen LogP contribution is -2.39. The number of hydrogen-bond donors (Lipinski definition) is 0. The van der Waals surface area contributed by atoms with Crippen LogP contribution >= 0.6 is 11.8 Å². The normalized spacial score (nSPS) is 13.9. The van der Waals surface area contributed by atoms with Crippen molar-refractivity contribution in [2.75, 3.05) is 6.61 Å². The summed E-state index contributed by atoms with van der Waals surface area (Å²) < 4.78 is 49.7. The summed E-state index contributed by atoms with van der Waals surface area (Å²) in [6.07, 6.45) is -0.503. The van der Waals surface area contributed by atoms with E-state index < -0.39 is 23.3 Å². The Morgan fingerprint density at radius 1 is 1.11 bits per heavy atom. The van der Waals surface area contributed by atoms with E-state index in [1.165, 1.54) is 12.1 Å². The van der Waals surface area contributed by atoms with Crippen LogP contribution in [0.3, 0.4) is 0 Å². The van der Waals surface area contributed by atoms with Gasteiger partial charge in [0.25, 0.3) is 0 Å². The molecule has 4 rings (SSSR count). The van der Waals surface area contributed by atoms with Crippen LogP contribution in [0.1, 0.15) is 61.9 Å². The number of thioether (sulfide) groups is 1. The minimum absolute atomic E-state index is 0.290. The highest BCUT2D eigenvalue weighted by Gasteiger charge is 2.33. The molecule has 1 aliphatic rings. The molecular weight excluding hydrogens is 501 g/mol. The minimum Gasteiger partial charge on any atom is -0.476 e. The van der Waals surface area contributed by atoms with E-state index in [0.29, 0.717) is 28.8 Å². The highest BCUT2D eigenvalue weighted by molar-refractivity contribution is 7.98. The van der Waals surface area contributed by atoms with E-state index in [2.05, 4.69) is 4.98 Å². The second-order valence-electron chi connectivity index (χ2n) is 9.50. The Morgan fingerprint density at radius 2 is 1.81 bits per heavy atom. The number of hydrogen-bond acceptors (Lipinski definition) is 6. The van der Waals surface area contributed by atoms with Crippen LogP contribution in [0.25, 0.3) is 11.4 Å². The molecule has 0 amide bonds. The number of carbonyl (C=O) groups excluding carboxylic acids is 1. The Hall–Kier alpha value is -3.07. The molecule has 1 aromatic heterocycles. The number of benzene rings is 2. The zero-order valence-corrected chi connectivity index (χ0v) is 22.0. The fourth-order valence-corrected chi connectivity index (χ4v) is 4.77. The fourth-order valence-electron chi connectivity index (χ4n) is 3.80. The van der Waals surface area contributed by atoms with Crippen molar-refractivity contribution in [3.63, 3.8) is 0 Å². The zero-order chi connectivity index (χ0) is 26.8. The van der Waals surface area contributed by atoms with Crippen LogP contribution in [0, 0.1) is 6.92 Å². The van der Waals surface area contributed by atoms with Crippen LogP contribution in [-0.4, -0.2) is 28.1 Å². The lowest BCUT2D eigenvalue weighted by molar-refractivity contribution is -0.158. The van der Waals surface area contributed by atoms with Gasteiger partial charge in [0.15, 0.2) is 11.4 Å². The average Bonchev–Trinajstić information content (AvgIpc) is 3.69. The lowest BCUT2D eigenvalue weighted by Gasteiger charge is -2.25. The van der Waals surface area contributed by atoms with Gasteiger partial charge < -0.3 is 9.47 Å². The molecule has 37 heavy (non-hydrogen) atoms. The van der Waals surface area contributed by atoms with E-state index in [9.17, 15) is 18.0 Å². The van der Waals surface area contributed by atoms with Crippen LogP contribution in [0.4, 0.5) is 13.2 Å². The average molecular weight is 531 g/mol. The Morgan fingerprint density at radius 3 is 2.41 bits per heavy atom. The van der Waals surface area contributed by atoms with Crippen LogP contribution in [0.15, 0.2) is 53.6 Å². The van der Waals surface area contributed by atoms with Crippen molar-refractivity contribution in [2.24, 2.45) is 0 Å². The summed E-state index contributed by atoms with van der Waals surface area (Å²) in [6, 6.07) is 10.8. The summed E-state index contributed by atoms with van der Waals surface area (Å²) in [5, 5.41) is 0. The summed E-state index contributed by atoms with van der Waals surface area (Å²) in [7, 11) is 0. The monoisotopic (exact) mass is 530 g/mol. The van der Waals surface area contributed by atoms with Gasteiger partial charge in [-0.05, 0) is 76.4 Å². The van der Waals surface area contributed by atoms with Crippen LogP contribution in [-0.2, 0) is 21.5 Å². The maximum atomic E-state index is 12.9. The summed E-state index contributed by atoms with van der Waals surface area (Å²) in [4.78, 5) is 22.4. The molecule has 1 aliphatic carbocycles. The predicted molar refractivity (Wildman–Crippen MR) is 137 cm³/mol. The van der Waals surface area contributed by atoms with E-state index in [4.69, 9.17) is 14.5 Å². The largest absolute Gasteiger partial charge is 0.476 e. The molecule has 0 atom stereocenters. The van der Waals surface area contributed by atoms with E-state index in [0.717, 1.165) is 46.7 Å². The Balaban J connectivity index is 1.47. The molecule has 3 aromatic rings. The third-order valence-electron chi connectivity index (χ3n) is 6.01. The van der Waals surface area contributed by atoms with Gasteiger partial charge in [0, 0.05) is 33.9 Å². The quantitative estimate of drug-likeness (QED) is 0.213. The number of rotatable bonds is 9. The highest BCUT2D eigenvalue weighted by Crippen LogP contribution is 2.42. The molecule has 2 aromatic carbocycles. The highest BCUT2D eigenvalue weighted by atomic mass is 32.2. The Bertz CT molecular complexity index is 1270. The van der Waals surface area contributed by atoms with Gasteiger partial charge >= 0.3 is 12.1 Å². The van der Waals surface area contributed by atoms with Crippen LogP contribution in [0.5, 0.6) is 5.75 Å². The van der Waals surface area contributed by atoms with Crippen molar-refractivity contribution in [3.8, 4) is 17.1 Å². The molecule has 0 N–H and O–H groups in total. The molecule has 1 saturated carbocycles. The number of nitrogens with zero attached hydrogens (tertiary/aromatic N) is 2. The maximum absolute atomic E-state index is 12.9. The number of aryl methyl sites for hydroxylation is 1. The molecule has 0 bridgehead atoms. The molecule has 0 spiro atoms. The fraction of sp³-hybridized carbons (Fsp3) is 0.393. The molecule has 1 heterocycles. The Labute approximate surface area is 218 Å². The summed E-state index contributed by atoms with van der Waals surface area (Å²) in [5.41, 5.74) is 1.66. The van der Waals surface area contributed by atoms with Crippen molar-refractivity contribution in [1.82, 2.24) is 9.97 Å². The van der Waals surface area contributed by atoms with E-state index >= 15 is 0 Å². The summed E-state index contributed by atoms with van der Waals surface area (Å²) >= 11 is 1.64. The lowest BCUT2D eigenvalue weighted by atomic mass is 10.1. The zero-order valence-electron chi connectivity index (χ0n) is 21.2. The number of halogens is 3. The van der Waals surface area contributed by atoms with Gasteiger partial charge in [0.05, 0.1) is 17.9 Å². The van der Waals surface area contributed by atoms with Gasteiger partial charge in [-0.25, -0.2) is 14.8 Å². The van der Waals surface area contributed by atoms with Gasteiger partial charge in [0.2, 0.25) is 0 Å². The summed E-state index contributed by atoms with van der Waals surface area (Å²) in [5.74, 6) is 1.65. The van der Waals surface area contributed by atoms with Crippen LogP contribution < -0.4 is 4.74 Å². The number of carbonyl (C=O) groups is 1. The number of alkyl halides is 3. The standard InChI is InChI=1S/C28H29F3N2O3S/c1-5-35-26(34)27(3,4)36-23-13-12-22(14-17(23)2)37-16-20-15-32-25(33-24(20)18-6-7-18)19-8-10-21(11-9-19)28(29,30)31/h8-15,18H,5-7,16H2,1-4H3. The van der Waals surface area contributed by atoms with E-state index in [-0.39, 0.29) is 6.61 Å². The number of aromatic nitrogens is 2. The smallest absolute Gasteiger partial charge is 0.416 e. The van der Waals surface area contributed by atoms with Crippen molar-refractivity contribution >= 4 is 17.7 Å². The predicted octanol–water partition coefficient (Wildman–Crippen LogP) is 7.36. The second-order valence-corrected chi connectivity index (χ2v) is 10.6. The van der Waals surface area contributed by atoms with E-state index in [1.54, 1.807) is 38.7 Å². The molecule has 5 nitrogen and oxygen atoms in total. The van der Waals surface area contributed by atoms with Gasteiger partial charge in [-0.1, -0.05) is 12.1 Å². The molecule has 0 aliphatic heterocycles. The third-order valence-corrected chi connectivity index (χ3v) is 7.05. The van der Waals surface area contributed by atoms with Crippen molar-refractivity contribution < 1.29 is 27.4 Å². The first kappa shape index (κ1) is 27.0. The Kier molecular flexibility index (Phi) is 7.83.